The van der Waals surface area contributed by atoms with Gasteiger partial charge in [0.25, 0.3) is 0 Å². The molecule has 3 aromatic rings. The van der Waals surface area contributed by atoms with Crippen molar-refractivity contribution >= 4 is 29.0 Å². The lowest BCUT2D eigenvalue weighted by molar-refractivity contribution is -0.113. The highest BCUT2D eigenvalue weighted by atomic mass is 32.2. The minimum atomic E-state index is -0.135. The van der Waals surface area contributed by atoms with Crippen LogP contribution in [0, 0.1) is 6.92 Å². The van der Waals surface area contributed by atoms with Gasteiger partial charge in [0.1, 0.15) is 10.9 Å². The first-order valence-electron chi connectivity index (χ1n) is 11.0. The van der Waals surface area contributed by atoms with Gasteiger partial charge in [0.05, 0.1) is 13.2 Å². The number of aromatic nitrogens is 2. The molecule has 0 atom stereocenters. The van der Waals surface area contributed by atoms with Crippen molar-refractivity contribution in [2.24, 2.45) is 0 Å². The topological polar surface area (TPSA) is 58.6 Å². The summed E-state index contributed by atoms with van der Waals surface area (Å²) in [6.45, 7) is 8.99. The average Bonchev–Trinajstić information content (AvgIpc) is 2.86. The number of carbonyl (C=O) groups is 1. The Bertz CT molecular complexity index is 1110. The molecule has 1 fully saturated rings. The number of likely N-dealkylation sites (N-methyl/N-ethyl adjacent to an activating group) is 1. The van der Waals surface area contributed by atoms with E-state index >= 15 is 0 Å². The van der Waals surface area contributed by atoms with Crippen molar-refractivity contribution in [1.82, 2.24) is 9.97 Å². The van der Waals surface area contributed by atoms with Crippen molar-refractivity contribution in [3.05, 3.63) is 84.3 Å². The van der Waals surface area contributed by atoms with Crippen molar-refractivity contribution in [3.63, 3.8) is 0 Å². The summed E-state index contributed by atoms with van der Waals surface area (Å²) in [7, 11) is 1.74. The number of nitrogens with zero attached hydrogens (tertiary/aromatic N) is 4. The van der Waals surface area contributed by atoms with E-state index in [-0.39, 0.29) is 5.91 Å². The summed E-state index contributed by atoms with van der Waals surface area (Å²) in [4.78, 5) is 26.1. The lowest BCUT2D eigenvalue weighted by Gasteiger charge is -2.28. The number of aryl methyl sites for hydroxylation is 1. The van der Waals surface area contributed by atoms with Crippen LogP contribution in [-0.2, 0) is 16.0 Å². The third-order valence-electron chi connectivity index (χ3n) is 5.59. The summed E-state index contributed by atoms with van der Waals surface area (Å²) in [5, 5.41) is 0.938. The molecule has 0 radical (unpaired) electrons. The molecule has 2 aromatic carbocycles. The van der Waals surface area contributed by atoms with Crippen LogP contribution in [0.5, 0.6) is 0 Å². The minimum absolute atomic E-state index is 0.135. The first-order chi connectivity index (χ1) is 16.0. The van der Waals surface area contributed by atoms with Gasteiger partial charge in [-0.3, -0.25) is 4.79 Å². The van der Waals surface area contributed by atoms with Gasteiger partial charge in [0, 0.05) is 49.0 Å². The summed E-state index contributed by atoms with van der Waals surface area (Å²) < 4.78 is 5.44. The lowest BCUT2D eigenvalue weighted by atomic mass is 10.1. The standard InChI is InChI=1S/C26H28N4O2S/c1-4-25(31)29(3)21-9-11-23(12-10-21)33-26-19(2)18-27-24(28-26)17-20-5-7-22(8-6-20)30-13-15-32-16-14-30/h4-12,18H,1,13-17H2,2-3H3. The Kier molecular flexibility index (Phi) is 7.42. The first kappa shape index (κ1) is 23.0. The molecular weight excluding hydrogens is 432 g/mol. The van der Waals surface area contributed by atoms with Gasteiger partial charge in [-0.05, 0) is 60.5 Å². The quantitative estimate of drug-likeness (QED) is 0.382. The van der Waals surface area contributed by atoms with Crippen LogP contribution in [0.15, 0.2) is 77.3 Å². The Balaban J connectivity index is 1.43. The molecule has 0 aliphatic carbocycles. The van der Waals surface area contributed by atoms with E-state index in [0.29, 0.717) is 6.42 Å². The lowest BCUT2D eigenvalue weighted by Crippen LogP contribution is -2.36. The fourth-order valence-corrected chi connectivity index (χ4v) is 4.45. The number of rotatable bonds is 7. The zero-order valence-electron chi connectivity index (χ0n) is 19.0. The Labute approximate surface area is 199 Å². The van der Waals surface area contributed by atoms with Gasteiger partial charge >= 0.3 is 0 Å². The molecular formula is C26H28N4O2S. The van der Waals surface area contributed by atoms with Gasteiger partial charge in [0.2, 0.25) is 5.91 Å². The predicted molar refractivity (Wildman–Crippen MR) is 133 cm³/mol. The molecule has 2 heterocycles. The van der Waals surface area contributed by atoms with Gasteiger partial charge in [0.15, 0.2) is 0 Å². The van der Waals surface area contributed by atoms with Crippen LogP contribution in [0.25, 0.3) is 0 Å². The maximum Gasteiger partial charge on any atom is 0.250 e. The van der Waals surface area contributed by atoms with E-state index < -0.39 is 0 Å². The van der Waals surface area contributed by atoms with Crippen LogP contribution in [0.1, 0.15) is 17.0 Å². The molecule has 33 heavy (non-hydrogen) atoms. The Morgan fingerprint density at radius 2 is 1.85 bits per heavy atom. The molecule has 170 valence electrons. The van der Waals surface area contributed by atoms with Gasteiger partial charge in [-0.2, -0.15) is 0 Å². The molecule has 0 N–H and O–H groups in total. The summed E-state index contributed by atoms with van der Waals surface area (Å²) in [5.41, 5.74) is 4.28. The largest absolute Gasteiger partial charge is 0.378 e. The summed E-state index contributed by atoms with van der Waals surface area (Å²) >= 11 is 1.60. The van der Waals surface area contributed by atoms with Crippen LogP contribution < -0.4 is 9.80 Å². The number of ether oxygens (including phenoxy) is 1. The van der Waals surface area contributed by atoms with E-state index in [9.17, 15) is 4.79 Å². The van der Waals surface area contributed by atoms with Crippen LogP contribution in [0.2, 0.25) is 0 Å². The van der Waals surface area contributed by atoms with E-state index in [2.05, 4.69) is 40.7 Å². The zero-order chi connectivity index (χ0) is 23.2. The SMILES string of the molecule is C=CC(=O)N(C)c1ccc(Sc2nc(Cc3ccc(N4CCOCC4)cc3)ncc2C)cc1. The highest BCUT2D eigenvalue weighted by molar-refractivity contribution is 7.99. The van der Waals surface area contributed by atoms with Crippen LogP contribution in [-0.4, -0.2) is 49.2 Å². The zero-order valence-corrected chi connectivity index (χ0v) is 19.8. The number of amides is 1. The van der Waals surface area contributed by atoms with E-state index in [1.54, 1.807) is 23.7 Å². The van der Waals surface area contributed by atoms with Gasteiger partial charge in [-0.25, -0.2) is 9.97 Å². The average molecular weight is 461 g/mol. The molecule has 6 nitrogen and oxygen atoms in total. The molecule has 0 unspecified atom stereocenters. The van der Waals surface area contributed by atoms with Crippen molar-refractivity contribution in [1.29, 1.82) is 0 Å². The Morgan fingerprint density at radius 1 is 1.15 bits per heavy atom. The molecule has 1 aliphatic heterocycles. The van der Waals surface area contributed by atoms with E-state index in [4.69, 9.17) is 9.72 Å². The number of benzene rings is 2. The number of hydrogen-bond donors (Lipinski definition) is 0. The third-order valence-corrected chi connectivity index (χ3v) is 6.71. The van der Waals surface area contributed by atoms with Crippen molar-refractivity contribution in [2.45, 2.75) is 23.3 Å². The fourth-order valence-electron chi connectivity index (χ4n) is 3.59. The second kappa shape index (κ2) is 10.6. The number of hydrogen-bond acceptors (Lipinski definition) is 6. The fraction of sp³-hybridized carbons (Fsp3) is 0.269. The number of carbonyl (C=O) groups excluding carboxylic acids is 1. The van der Waals surface area contributed by atoms with Crippen LogP contribution in [0.4, 0.5) is 11.4 Å². The van der Waals surface area contributed by atoms with E-state index in [0.717, 1.165) is 53.3 Å². The third kappa shape index (κ3) is 5.80. The number of anilines is 2. The predicted octanol–water partition coefficient (Wildman–Crippen LogP) is 4.51. The van der Waals surface area contributed by atoms with Gasteiger partial charge in [-0.15, -0.1) is 0 Å². The second-order valence-electron chi connectivity index (χ2n) is 7.91. The van der Waals surface area contributed by atoms with Gasteiger partial charge in [-0.1, -0.05) is 30.5 Å². The molecule has 1 aromatic heterocycles. The molecule has 0 spiro atoms. The molecule has 7 heteroatoms. The second-order valence-corrected chi connectivity index (χ2v) is 8.98. The first-order valence-corrected chi connectivity index (χ1v) is 11.8. The molecule has 4 rings (SSSR count). The van der Waals surface area contributed by atoms with E-state index in [1.807, 2.05) is 37.4 Å². The highest BCUT2D eigenvalue weighted by Crippen LogP contribution is 2.30. The number of morpholine rings is 1. The Morgan fingerprint density at radius 3 is 2.52 bits per heavy atom. The summed E-state index contributed by atoms with van der Waals surface area (Å²) in [6.07, 6.45) is 3.88. The van der Waals surface area contributed by atoms with Crippen molar-refractivity contribution in [2.75, 3.05) is 43.2 Å². The summed E-state index contributed by atoms with van der Waals surface area (Å²) in [6, 6.07) is 16.5. The molecule has 0 bridgehead atoms. The summed E-state index contributed by atoms with van der Waals surface area (Å²) in [5.74, 6) is 0.667. The highest BCUT2D eigenvalue weighted by Gasteiger charge is 2.12. The maximum atomic E-state index is 11.8. The van der Waals surface area contributed by atoms with Crippen LogP contribution in [0.3, 0.4) is 0 Å². The molecule has 0 saturated carbocycles. The van der Waals surface area contributed by atoms with Crippen LogP contribution >= 0.6 is 11.8 Å². The molecule has 1 saturated heterocycles. The van der Waals surface area contributed by atoms with Crippen molar-refractivity contribution in [3.8, 4) is 0 Å². The monoisotopic (exact) mass is 460 g/mol. The van der Waals surface area contributed by atoms with E-state index in [1.165, 1.54) is 17.3 Å². The van der Waals surface area contributed by atoms with Crippen molar-refractivity contribution < 1.29 is 9.53 Å². The maximum absolute atomic E-state index is 11.8. The molecule has 1 amide bonds. The smallest absolute Gasteiger partial charge is 0.250 e. The Hall–Kier alpha value is -3.16. The minimum Gasteiger partial charge on any atom is -0.378 e. The van der Waals surface area contributed by atoms with Gasteiger partial charge < -0.3 is 14.5 Å². The molecule has 1 aliphatic rings. The normalized spacial score (nSPS) is 13.6.